The molecular weight excluding hydrogens is 265 g/mol. The number of hydrogen-bond donors (Lipinski definition) is 1. The van der Waals surface area contributed by atoms with Crippen molar-refractivity contribution in [3.63, 3.8) is 0 Å². The van der Waals surface area contributed by atoms with Crippen molar-refractivity contribution in [2.24, 2.45) is 17.8 Å². The molecule has 1 N–H and O–H groups in total. The van der Waals surface area contributed by atoms with Crippen molar-refractivity contribution >= 4 is 28.9 Å². The van der Waals surface area contributed by atoms with E-state index in [2.05, 4.69) is 24.4 Å². The maximum atomic E-state index is 6.20. The predicted octanol–water partition coefficient (Wildman–Crippen LogP) is 5.01. The molecule has 0 aromatic heterocycles. The maximum Gasteiger partial charge on any atom is 0.0652 e. The van der Waals surface area contributed by atoms with Gasteiger partial charge in [0.25, 0.3) is 0 Å². The van der Waals surface area contributed by atoms with E-state index in [9.17, 15) is 0 Å². The van der Waals surface area contributed by atoms with Gasteiger partial charge in [-0.3, -0.25) is 0 Å². The number of halogens is 2. The van der Waals surface area contributed by atoms with Gasteiger partial charge in [-0.15, -0.1) is 0 Å². The molecule has 2 bridgehead atoms. The third-order valence-corrected chi connectivity index (χ3v) is 4.83. The fraction of sp³-hybridized carbons (Fsp3) is 0.467. The second-order valence-corrected chi connectivity index (χ2v) is 6.34. The average Bonchev–Trinajstić information content (AvgIpc) is 2.94. The lowest BCUT2D eigenvalue weighted by Gasteiger charge is -2.27. The monoisotopic (exact) mass is 281 g/mol. The standard InChI is InChI=1S/C15H17Cl2N/c1-9(13-7-10-2-3-11(13)6-10)18-15-5-4-12(16)8-14(15)17/h2-5,8-11,13,18H,6-7H2,1H3. The van der Waals surface area contributed by atoms with Crippen molar-refractivity contribution in [1.82, 2.24) is 0 Å². The molecule has 0 radical (unpaired) electrons. The zero-order chi connectivity index (χ0) is 12.7. The molecule has 0 aliphatic heterocycles. The summed E-state index contributed by atoms with van der Waals surface area (Å²) >= 11 is 12.1. The smallest absolute Gasteiger partial charge is 0.0652 e. The van der Waals surface area contributed by atoms with Gasteiger partial charge in [-0.2, -0.15) is 0 Å². The third-order valence-electron chi connectivity index (χ3n) is 4.29. The summed E-state index contributed by atoms with van der Waals surface area (Å²) in [6.07, 6.45) is 7.41. The zero-order valence-corrected chi connectivity index (χ0v) is 11.9. The van der Waals surface area contributed by atoms with Crippen LogP contribution in [0.1, 0.15) is 19.8 Å². The van der Waals surface area contributed by atoms with Crippen molar-refractivity contribution in [2.45, 2.75) is 25.8 Å². The number of allylic oxidation sites excluding steroid dienone is 2. The van der Waals surface area contributed by atoms with Gasteiger partial charge in [0.05, 0.1) is 10.7 Å². The van der Waals surface area contributed by atoms with Crippen molar-refractivity contribution in [3.05, 3.63) is 40.4 Å². The van der Waals surface area contributed by atoms with Crippen molar-refractivity contribution in [3.8, 4) is 0 Å². The van der Waals surface area contributed by atoms with E-state index in [0.29, 0.717) is 16.1 Å². The highest BCUT2D eigenvalue weighted by atomic mass is 35.5. The minimum Gasteiger partial charge on any atom is -0.381 e. The van der Waals surface area contributed by atoms with Gasteiger partial charge in [0, 0.05) is 11.1 Å². The Morgan fingerprint density at radius 2 is 2.06 bits per heavy atom. The van der Waals surface area contributed by atoms with Crippen molar-refractivity contribution in [1.29, 1.82) is 0 Å². The van der Waals surface area contributed by atoms with Crippen LogP contribution in [0.5, 0.6) is 0 Å². The van der Waals surface area contributed by atoms with Crippen molar-refractivity contribution < 1.29 is 0 Å². The largest absolute Gasteiger partial charge is 0.381 e. The first-order valence-corrected chi connectivity index (χ1v) is 7.29. The number of hydrogen-bond acceptors (Lipinski definition) is 1. The molecule has 0 heterocycles. The minimum atomic E-state index is 0.448. The van der Waals surface area contributed by atoms with Crippen LogP contribution in [0.3, 0.4) is 0 Å². The van der Waals surface area contributed by atoms with E-state index in [4.69, 9.17) is 23.2 Å². The van der Waals surface area contributed by atoms with Crippen LogP contribution in [-0.4, -0.2) is 6.04 Å². The first-order valence-electron chi connectivity index (χ1n) is 6.53. The van der Waals surface area contributed by atoms with E-state index in [1.165, 1.54) is 12.8 Å². The minimum absolute atomic E-state index is 0.448. The van der Waals surface area contributed by atoms with Gasteiger partial charge in [0.1, 0.15) is 0 Å². The predicted molar refractivity (Wildman–Crippen MR) is 78.4 cm³/mol. The summed E-state index contributed by atoms with van der Waals surface area (Å²) in [5, 5.41) is 4.92. The van der Waals surface area contributed by atoms with E-state index in [1.807, 2.05) is 12.1 Å². The maximum absolute atomic E-state index is 6.20. The highest BCUT2D eigenvalue weighted by Crippen LogP contribution is 2.45. The van der Waals surface area contributed by atoms with Crippen LogP contribution in [0.25, 0.3) is 0 Å². The van der Waals surface area contributed by atoms with Crippen LogP contribution < -0.4 is 5.32 Å². The summed E-state index contributed by atoms with van der Waals surface area (Å²) < 4.78 is 0. The van der Waals surface area contributed by atoms with Gasteiger partial charge >= 0.3 is 0 Å². The molecule has 96 valence electrons. The number of rotatable bonds is 3. The molecule has 4 unspecified atom stereocenters. The molecule has 0 saturated heterocycles. The van der Waals surface area contributed by atoms with Crippen molar-refractivity contribution in [2.75, 3.05) is 5.32 Å². The summed E-state index contributed by atoms with van der Waals surface area (Å²) in [4.78, 5) is 0. The lowest BCUT2D eigenvalue weighted by atomic mass is 9.87. The van der Waals surface area contributed by atoms with E-state index in [1.54, 1.807) is 6.07 Å². The molecule has 0 spiro atoms. The fourth-order valence-corrected chi connectivity index (χ4v) is 3.82. The van der Waals surface area contributed by atoms with Crippen LogP contribution in [0, 0.1) is 17.8 Å². The van der Waals surface area contributed by atoms with Gasteiger partial charge < -0.3 is 5.32 Å². The molecule has 1 nitrogen and oxygen atoms in total. The Morgan fingerprint density at radius 1 is 1.22 bits per heavy atom. The summed E-state index contributed by atoms with van der Waals surface area (Å²) in [6.45, 7) is 2.25. The summed E-state index contributed by atoms with van der Waals surface area (Å²) in [6, 6.07) is 6.08. The van der Waals surface area contributed by atoms with Crippen LogP contribution in [0.2, 0.25) is 10.0 Å². The Labute approximate surface area is 118 Å². The number of nitrogens with one attached hydrogen (secondary N) is 1. The second-order valence-electron chi connectivity index (χ2n) is 5.50. The van der Waals surface area contributed by atoms with Crippen LogP contribution in [-0.2, 0) is 0 Å². The van der Waals surface area contributed by atoms with E-state index >= 15 is 0 Å². The first kappa shape index (κ1) is 12.4. The Balaban J connectivity index is 1.71. The van der Waals surface area contributed by atoms with Gasteiger partial charge in [-0.25, -0.2) is 0 Å². The molecule has 3 rings (SSSR count). The SMILES string of the molecule is CC(Nc1ccc(Cl)cc1Cl)C1CC2C=CC1C2. The lowest BCUT2D eigenvalue weighted by Crippen LogP contribution is -2.28. The quantitative estimate of drug-likeness (QED) is 0.769. The van der Waals surface area contributed by atoms with Gasteiger partial charge in [0.15, 0.2) is 0 Å². The van der Waals surface area contributed by atoms with Gasteiger partial charge in [0.2, 0.25) is 0 Å². The summed E-state index contributed by atoms with van der Waals surface area (Å²) in [7, 11) is 0. The Bertz CT molecular complexity index is 483. The second kappa shape index (κ2) is 4.79. The molecule has 4 atom stereocenters. The molecule has 1 aromatic rings. The average molecular weight is 282 g/mol. The van der Waals surface area contributed by atoms with Gasteiger partial charge in [-0.05, 0) is 55.7 Å². The topological polar surface area (TPSA) is 12.0 Å². The number of fused-ring (bicyclic) bond motifs is 2. The molecule has 2 aliphatic carbocycles. The van der Waals surface area contributed by atoms with Crippen LogP contribution >= 0.6 is 23.2 Å². The molecule has 2 aliphatic rings. The Kier molecular flexibility index (Phi) is 3.29. The molecule has 1 aromatic carbocycles. The molecule has 18 heavy (non-hydrogen) atoms. The number of anilines is 1. The Morgan fingerprint density at radius 3 is 2.67 bits per heavy atom. The molecular formula is C15H17Cl2N. The van der Waals surface area contributed by atoms with Crippen LogP contribution in [0.15, 0.2) is 30.4 Å². The Hall–Kier alpha value is -0.660. The lowest BCUT2D eigenvalue weighted by molar-refractivity contribution is 0.400. The van der Waals surface area contributed by atoms with E-state index in [-0.39, 0.29) is 0 Å². The van der Waals surface area contributed by atoms with Gasteiger partial charge in [-0.1, -0.05) is 35.4 Å². The van der Waals surface area contributed by atoms with E-state index < -0.39 is 0 Å². The summed E-state index contributed by atoms with van der Waals surface area (Å²) in [5.74, 6) is 2.29. The normalized spacial score (nSPS) is 30.7. The highest BCUT2D eigenvalue weighted by molar-refractivity contribution is 6.36. The number of benzene rings is 1. The first-order chi connectivity index (χ1) is 8.63. The fourth-order valence-electron chi connectivity index (χ4n) is 3.36. The molecule has 0 amide bonds. The zero-order valence-electron chi connectivity index (χ0n) is 10.4. The van der Waals surface area contributed by atoms with Crippen LogP contribution in [0.4, 0.5) is 5.69 Å². The molecule has 1 saturated carbocycles. The molecule has 3 heteroatoms. The highest BCUT2D eigenvalue weighted by Gasteiger charge is 2.38. The van der Waals surface area contributed by atoms with E-state index in [0.717, 1.165) is 23.4 Å². The third kappa shape index (κ3) is 2.26. The summed E-state index contributed by atoms with van der Waals surface area (Å²) in [5.41, 5.74) is 0.986. The molecule has 1 fully saturated rings.